The van der Waals surface area contributed by atoms with Gasteiger partial charge < -0.3 is 14.8 Å². The van der Waals surface area contributed by atoms with Gasteiger partial charge >= 0.3 is 11.7 Å². The van der Waals surface area contributed by atoms with E-state index in [4.69, 9.17) is 0 Å². The summed E-state index contributed by atoms with van der Waals surface area (Å²) in [7, 11) is 0. The highest BCUT2D eigenvalue weighted by Crippen LogP contribution is 2.42. The molecule has 1 saturated heterocycles. The van der Waals surface area contributed by atoms with Crippen molar-refractivity contribution >= 4 is 6.03 Å². The van der Waals surface area contributed by atoms with Gasteiger partial charge in [-0.1, -0.05) is 44.2 Å². The first-order valence-electron chi connectivity index (χ1n) is 9.23. The first-order valence-corrected chi connectivity index (χ1v) is 9.23. The number of likely N-dealkylation sites (tertiary alicyclic amines) is 1. The molecule has 7 heteroatoms. The largest absolute Gasteiger partial charge is 0.334 e. The zero-order valence-electron chi connectivity index (χ0n) is 16.0. The Morgan fingerprint density at radius 3 is 2.63 bits per heavy atom. The number of amides is 2. The fourth-order valence-electron chi connectivity index (χ4n) is 3.64. The molecule has 0 spiro atoms. The molecule has 1 aromatic heterocycles. The molecule has 0 aliphatic carbocycles. The van der Waals surface area contributed by atoms with Crippen molar-refractivity contribution in [1.29, 1.82) is 0 Å². The maximum absolute atomic E-state index is 12.9. The number of aromatic amines is 1. The Balaban J connectivity index is 1.77. The number of nitrogens with zero attached hydrogens (tertiary/aromatic N) is 2. The Morgan fingerprint density at radius 1 is 1.26 bits per heavy atom. The van der Waals surface area contributed by atoms with E-state index in [9.17, 15) is 14.4 Å². The van der Waals surface area contributed by atoms with Gasteiger partial charge in [-0.3, -0.25) is 9.78 Å². The molecule has 144 valence electrons. The SMILES string of the molecule is CCn1cc(CNC(=O)N2CC(C)(C)CC2c2ccccc2)c(=O)[nH]c1=O. The third-order valence-electron chi connectivity index (χ3n) is 5.02. The normalized spacial score (nSPS) is 18.5. The zero-order valence-corrected chi connectivity index (χ0v) is 16.0. The van der Waals surface area contributed by atoms with Crippen LogP contribution >= 0.6 is 0 Å². The lowest BCUT2D eigenvalue weighted by Gasteiger charge is -2.25. The van der Waals surface area contributed by atoms with Crippen LogP contribution < -0.4 is 16.6 Å². The van der Waals surface area contributed by atoms with E-state index in [1.165, 1.54) is 10.8 Å². The molecule has 2 N–H and O–H groups in total. The van der Waals surface area contributed by atoms with Crippen molar-refractivity contribution < 1.29 is 4.79 Å². The lowest BCUT2D eigenvalue weighted by molar-refractivity contribution is 0.189. The van der Waals surface area contributed by atoms with E-state index >= 15 is 0 Å². The minimum absolute atomic E-state index is 0.00378. The summed E-state index contributed by atoms with van der Waals surface area (Å²) in [6.45, 7) is 7.29. The van der Waals surface area contributed by atoms with E-state index in [0.29, 0.717) is 18.7 Å². The number of rotatable bonds is 4. The number of carbonyl (C=O) groups excluding carboxylic acids is 1. The monoisotopic (exact) mass is 370 g/mol. The highest BCUT2D eigenvalue weighted by molar-refractivity contribution is 5.75. The molecule has 0 radical (unpaired) electrons. The number of aromatic nitrogens is 2. The summed E-state index contributed by atoms with van der Waals surface area (Å²) in [6, 6.07) is 9.78. The fourth-order valence-corrected chi connectivity index (χ4v) is 3.64. The second kappa shape index (κ2) is 7.42. The summed E-state index contributed by atoms with van der Waals surface area (Å²) in [6.07, 6.45) is 2.38. The molecule has 2 aromatic rings. The summed E-state index contributed by atoms with van der Waals surface area (Å²) in [5.41, 5.74) is 0.578. The minimum Gasteiger partial charge on any atom is -0.334 e. The topological polar surface area (TPSA) is 87.2 Å². The number of H-pyrrole nitrogens is 1. The summed E-state index contributed by atoms with van der Waals surface area (Å²) in [5.74, 6) is 0. The van der Waals surface area contributed by atoms with Crippen LogP contribution in [0.5, 0.6) is 0 Å². The number of hydrogen-bond donors (Lipinski definition) is 2. The van der Waals surface area contributed by atoms with Crippen LogP contribution in [0.15, 0.2) is 46.1 Å². The summed E-state index contributed by atoms with van der Waals surface area (Å²) in [5, 5.41) is 2.84. The average Bonchev–Trinajstić information content (AvgIpc) is 2.97. The average molecular weight is 370 g/mol. The number of carbonyl (C=O) groups is 1. The molecule has 1 aromatic carbocycles. The number of aryl methyl sites for hydroxylation is 1. The van der Waals surface area contributed by atoms with Crippen molar-refractivity contribution in [2.45, 2.75) is 46.3 Å². The van der Waals surface area contributed by atoms with Gasteiger partial charge in [-0.05, 0) is 24.3 Å². The Hall–Kier alpha value is -2.83. The van der Waals surface area contributed by atoms with Gasteiger partial charge in [0.15, 0.2) is 0 Å². The van der Waals surface area contributed by atoms with E-state index in [0.717, 1.165) is 12.0 Å². The van der Waals surface area contributed by atoms with Crippen molar-refractivity contribution in [3.63, 3.8) is 0 Å². The molecule has 1 unspecified atom stereocenters. The molecule has 3 rings (SSSR count). The molecule has 0 bridgehead atoms. The predicted octanol–water partition coefficient (Wildman–Crippen LogP) is 2.24. The van der Waals surface area contributed by atoms with Gasteiger partial charge in [-0.2, -0.15) is 0 Å². The van der Waals surface area contributed by atoms with Crippen LogP contribution in [0.4, 0.5) is 4.79 Å². The molecule has 1 atom stereocenters. The van der Waals surface area contributed by atoms with Crippen LogP contribution in [-0.4, -0.2) is 27.0 Å². The molecule has 0 saturated carbocycles. The number of hydrogen-bond acceptors (Lipinski definition) is 3. The molecule has 7 nitrogen and oxygen atoms in total. The van der Waals surface area contributed by atoms with Gasteiger partial charge in [0.25, 0.3) is 5.56 Å². The van der Waals surface area contributed by atoms with E-state index in [1.54, 1.807) is 0 Å². The van der Waals surface area contributed by atoms with Crippen LogP contribution in [0.3, 0.4) is 0 Å². The zero-order chi connectivity index (χ0) is 19.6. The van der Waals surface area contributed by atoms with Crippen molar-refractivity contribution in [3.8, 4) is 0 Å². The molecular formula is C20H26N4O3. The van der Waals surface area contributed by atoms with Gasteiger partial charge in [0, 0.05) is 19.3 Å². The van der Waals surface area contributed by atoms with Crippen molar-refractivity contribution in [2.24, 2.45) is 5.41 Å². The highest BCUT2D eigenvalue weighted by Gasteiger charge is 2.40. The maximum atomic E-state index is 12.9. The quantitative estimate of drug-likeness (QED) is 0.865. The molecule has 1 aliphatic heterocycles. The van der Waals surface area contributed by atoms with E-state index in [2.05, 4.69) is 24.1 Å². The Bertz CT molecular complexity index is 930. The lowest BCUT2D eigenvalue weighted by Crippen LogP contribution is -2.41. The second-order valence-corrected chi connectivity index (χ2v) is 7.78. The third-order valence-corrected chi connectivity index (χ3v) is 5.02. The smallest absolute Gasteiger partial charge is 0.328 e. The maximum Gasteiger partial charge on any atom is 0.328 e. The molecule has 2 heterocycles. The van der Waals surface area contributed by atoms with E-state index in [1.807, 2.05) is 42.2 Å². The first-order chi connectivity index (χ1) is 12.8. The number of benzene rings is 1. The summed E-state index contributed by atoms with van der Waals surface area (Å²) < 4.78 is 1.41. The number of nitrogens with one attached hydrogen (secondary N) is 2. The van der Waals surface area contributed by atoms with Crippen molar-refractivity contribution in [3.05, 3.63) is 68.5 Å². The molecule has 1 aliphatic rings. The van der Waals surface area contributed by atoms with Crippen LogP contribution in [0, 0.1) is 5.41 Å². The summed E-state index contributed by atoms with van der Waals surface area (Å²) in [4.78, 5) is 40.6. The Morgan fingerprint density at radius 2 is 1.96 bits per heavy atom. The number of urea groups is 1. The molecular weight excluding hydrogens is 344 g/mol. The Kier molecular flexibility index (Phi) is 5.21. The van der Waals surface area contributed by atoms with Crippen LogP contribution in [0.25, 0.3) is 0 Å². The van der Waals surface area contributed by atoms with Crippen LogP contribution in [0.2, 0.25) is 0 Å². The van der Waals surface area contributed by atoms with Gasteiger partial charge in [0.05, 0.1) is 18.2 Å². The second-order valence-electron chi connectivity index (χ2n) is 7.78. The first kappa shape index (κ1) is 18.9. The third kappa shape index (κ3) is 4.13. The van der Waals surface area contributed by atoms with Crippen LogP contribution in [0.1, 0.15) is 44.4 Å². The summed E-state index contributed by atoms with van der Waals surface area (Å²) >= 11 is 0. The van der Waals surface area contributed by atoms with E-state index in [-0.39, 0.29) is 24.0 Å². The van der Waals surface area contributed by atoms with Gasteiger partial charge in [0.2, 0.25) is 0 Å². The molecule has 2 amide bonds. The standard InChI is InChI=1S/C20H26N4O3/c1-4-23-12-15(17(25)22-19(23)27)11-21-18(26)24-13-20(2,3)10-16(24)14-8-6-5-7-9-14/h5-9,12,16H,4,10-11,13H2,1-3H3,(H,21,26)(H,22,25,27). The predicted molar refractivity (Wildman–Crippen MR) is 104 cm³/mol. The van der Waals surface area contributed by atoms with Crippen molar-refractivity contribution in [2.75, 3.05) is 6.54 Å². The van der Waals surface area contributed by atoms with Gasteiger partial charge in [0.1, 0.15) is 0 Å². The van der Waals surface area contributed by atoms with Gasteiger partial charge in [-0.25, -0.2) is 9.59 Å². The highest BCUT2D eigenvalue weighted by atomic mass is 16.2. The molecule has 27 heavy (non-hydrogen) atoms. The Labute approximate surface area is 158 Å². The lowest BCUT2D eigenvalue weighted by atomic mass is 9.89. The van der Waals surface area contributed by atoms with Crippen LogP contribution in [-0.2, 0) is 13.1 Å². The minimum atomic E-state index is -0.466. The van der Waals surface area contributed by atoms with Crippen molar-refractivity contribution in [1.82, 2.24) is 19.8 Å². The molecule has 1 fully saturated rings. The van der Waals surface area contributed by atoms with E-state index < -0.39 is 11.2 Å². The fraction of sp³-hybridized carbons (Fsp3) is 0.450. The van der Waals surface area contributed by atoms with Gasteiger partial charge in [-0.15, -0.1) is 0 Å².